The standard InChI is InChI=1S/C19H23N3O2/c1-24-18-10-6-16(7-11-18)21-19(23)20-14-15-4-8-17(9-5-15)22-12-2-3-13-22/h4-11H,2-3,12-14H2,1H3,(H2,20,21,23). The zero-order valence-corrected chi connectivity index (χ0v) is 13.9. The molecule has 1 aliphatic rings. The van der Waals surface area contributed by atoms with E-state index in [0.29, 0.717) is 6.54 Å². The van der Waals surface area contributed by atoms with Gasteiger partial charge in [0.05, 0.1) is 7.11 Å². The number of hydrogen-bond acceptors (Lipinski definition) is 3. The summed E-state index contributed by atoms with van der Waals surface area (Å²) in [7, 11) is 1.62. The molecular formula is C19H23N3O2. The minimum atomic E-state index is -0.219. The van der Waals surface area contributed by atoms with Crippen LogP contribution >= 0.6 is 0 Å². The summed E-state index contributed by atoms with van der Waals surface area (Å²) in [5.41, 5.74) is 3.08. The number of urea groups is 1. The summed E-state index contributed by atoms with van der Waals surface area (Å²) in [6, 6.07) is 15.4. The highest BCUT2D eigenvalue weighted by Crippen LogP contribution is 2.20. The van der Waals surface area contributed by atoms with Crippen molar-refractivity contribution in [1.29, 1.82) is 0 Å². The Labute approximate surface area is 142 Å². The molecule has 126 valence electrons. The average Bonchev–Trinajstić information content (AvgIpc) is 3.16. The molecule has 0 saturated carbocycles. The van der Waals surface area contributed by atoms with Gasteiger partial charge in [-0.15, -0.1) is 0 Å². The number of nitrogens with zero attached hydrogens (tertiary/aromatic N) is 1. The lowest BCUT2D eigenvalue weighted by atomic mass is 10.2. The van der Waals surface area contributed by atoms with Gasteiger partial charge in [-0.3, -0.25) is 0 Å². The Bertz CT molecular complexity index is 662. The number of carbonyl (C=O) groups excluding carboxylic acids is 1. The number of carbonyl (C=O) groups is 1. The summed E-state index contributed by atoms with van der Waals surface area (Å²) in [6.07, 6.45) is 2.55. The molecule has 0 radical (unpaired) electrons. The summed E-state index contributed by atoms with van der Waals surface area (Å²) in [6.45, 7) is 2.78. The lowest BCUT2D eigenvalue weighted by Crippen LogP contribution is -2.28. The van der Waals surface area contributed by atoms with Gasteiger partial charge in [0.15, 0.2) is 0 Å². The summed E-state index contributed by atoms with van der Waals surface area (Å²) in [5, 5.41) is 5.68. The number of hydrogen-bond donors (Lipinski definition) is 2. The second-order valence-corrected chi connectivity index (χ2v) is 5.90. The summed E-state index contributed by atoms with van der Waals surface area (Å²) in [5.74, 6) is 0.763. The fourth-order valence-electron chi connectivity index (χ4n) is 2.83. The predicted octanol–water partition coefficient (Wildman–Crippen LogP) is 3.62. The molecule has 1 fully saturated rings. The molecule has 1 saturated heterocycles. The van der Waals surface area contributed by atoms with Gasteiger partial charge in [0.1, 0.15) is 5.75 Å². The van der Waals surface area contributed by atoms with Crippen LogP contribution in [0, 0.1) is 0 Å². The van der Waals surface area contributed by atoms with Crippen LogP contribution in [0.1, 0.15) is 18.4 Å². The first kappa shape index (κ1) is 16.2. The second-order valence-electron chi connectivity index (χ2n) is 5.90. The van der Waals surface area contributed by atoms with Crippen LogP contribution in [0.3, 0.4) is 0 Å². The molecule has 24 heavy (non-hydrogen) atoms. The van der Waals surface area contributed by atoms with Gasteiger partial charge in [-0.1, -0.05) is 12.1 Å². The number of amides is 2. The van der Waals surface area contributed by atoms with Gasteiger partial charge in [-0.25, -0.2) is 4.79 Å². The molecule has 5 heteroatoms. The van der Waals surface area contributed by atoms with Crippen LogP contribution in [-0.2, 0) is 6.54 Å². The molecule has 1 aliphatic heterocycles. The SMILES string of the molecule is COc1ccc(NC(=O)NCc2ccc(N3CCCC3)cc2)cc1. The molecule has 2 N–H and O–H groups in total. The van der Waals surface area contributed by atoms with Gasteiger partial charge in [0, 0.05) is 31.0 Å². The van der Waals surface area contributed by atoms with Crippen LogP contribution < -0.4 is 20.3 Å². The summed E-state index contributed by atoms with van der Waals surface area (Å²) >= 11 is 0. The zero-order chi connectivity index (χ0) is 16.8. The highest BCUT2D eigenvalue weighted by atomic mass is 16.5. The van der Waals surface area contributed by atoms with E-state index in [2.05, 4.69) is 39.8 Å². The van der Waals surface area contributed by atoms with E-state index in [1.807, 2.05) is 24.3 Å². The number of rotatable bonds is 5. The Morgan fingerprint density at radius 1 is 1.04 bits per heavy atom. The number of methoxy groups -OCH3 is 1. The molecule has 0 bridgehead atoms. The van der Waals surface area contributed by atoms with Crippen molar-refractivity contribution in [3.8, 4) is 5.75 Å². The first-order chi connectivity index (χ1) is 11.7. The molecule has 5 nitrogen and oxygen atoms in total. The van der Waals surface area contributed by atoms with E-state index in [0.717, 1.165) is 30.1 Å². The molecule has 0 aromatic heterocycles. The van der Waals surface area contributed by atoms with E-state index in [-0.39, 0.29) is 6.03 Å². The van der Waals surface area contributed by atoms with Crippen LogP contribution in [-0.4, -0.2) is 26.2 Å². The Morgan fingerprint density at radius 2 is 1.71 bits per heavy atom. The van der Waals surface area contributed by atoms with Crippen LogP contribution in [0.25, 0.3) is 0 Å². The summed E-state index contributed by atoms with van der Waals surface area (Å²) in [4.78, 5) is 14.4. The van der Waals surface area contributed by atoms with Crippen LogP contribution in [0.2, 0.25) is 0 Å². The van der Waals surface area contributed by atoms with Gasteiger partial charge in [-0.05, 0) is 54.8 Å². The van der Waals surface area contributed by atoms with E-state index < -0.39 is 0 Å². The number of benzene rings is 2. The van der Waals surface area contributed by atoms with Gasteiger partial charge >= 0.3 is 6.03 Å². The summed E-state index contributed by atoms with van der Waals surface area (Å²) < 4.78 is 5.09. The third-order valence-corrected chi connectivity index (χ3v) is 4.21. The van der Waals surface area contributed by atoms with Gasteiger partial charge in [0.25, 0.3) is 0 Å². The maximum absolute atomic E-state index is 12.0. The topological polar surface area (TPSA) is 53.6 Å². The molecule has 1 heterocycles. The van der Waals surface area contributed by atoms with E-state index in [1.54, 1.807) is 7.11 Å². The van der Waals surface area contributed by atoms with Crippen LogP contribution in [0.15, 0.2) is 48.5 Å². The van der Waals surface area contributed by atoms with E-state index >= 15 is 0 Å². The number of nitrogens with one attached hydrogen (secondary N) is 2. The van der Waals surface area contributed by atoms with Gasteiger partial charge in [0.2, 0.25) is 0 Å². The fourth-order valence-corrected chi connectivity index (χ4v) is 2.83. The molecular weight excluding hydrogens is 302 g/mol. The highest BCUT2D eigenvalue weighted by Gasteiger charge is 2.11. The molecule has 0 aliphatic carbocycles. The quantitative estimate of drug-likeness (QED) is 0.883. The number of anilines is 2. The van der Waals surface area contributed by atoms with Gasteiger partial charge in [-0.2, -0.15) is 0 Å². The van der Waals surface area contributed by atoms with Crippen molar-refractivity contribution >= 4 is 17.4 Å². The molecule has 2 aromatic rings. The third kappa shape index (κ3) is 4.19. The minimum Gasteiger partial charge on any atom is -0.497 e. The van der Waals surface area contributed by atoms with Crippen molar-refractivity contribution in [2.24, 2.45) is 0 Å². The highest BCUT2D eigenvalue weighted by molar-refractivity contribution is 5.89. The maximum Gasteiger partial charge on any atom is 0.319 e. The third-order valence-electron chi connectivity index (χ3n) is 4.21. The van der Waals surface area contributed by atoms with Crippen LogP contribution in [0.5, 0.6) is 5.75 Å². The molecule has 0 atom stereocenters. The van der Waals surface area contributed by atoms with Crippen molar-refractivity contribution in [2.75, 3.05) is 30.4 Å². The Balaban J connectivity index is 1.48. The monoisotopic (exact) mass is 325 g/mol. The second kappa shape index (κ2) is 7.73. The number of ether oxygens (including phenoxy) is 1. The zero-order valence-electron chi connectivity index (χ0n) is 13.9. The minimum absolute atomic E-state index is 0.219. The van der Waals surface area contributed by atoms with Crippen molar-refractivity contribution in [2.45, 2.75) is 19.4 Å². The molecule has 3 rings (SSSR count). The normalized spacial score (nSPS) is 13.6. The first-order valence-electron chi connectivity index (χ1n) is 8.27. The lowest BCUT2D eigenvalue weighted by Gasteiger charge is -2.17. The van der Waals surface area contributed by atoms with Crippen molar-refractivity contribution in [3.05, 3.63) is 54.1 Å². The smallest absolute Gasteiger partial charge is 0.319 e. The fraction of sp³-hybridized carbons (Fsp3) is 0.316. The molecule has 2 amide bonds. The van der Waals surface area contributed by atoms with Gasteiger partial charge < -0.3 is 20.3 Å². The van der Waals surface area contributed by atoms with E-state index in [4.69, 9.17) is 4.74 Å². The van der Waals surface area contributed by atoms with Crippen molar-refractivity contribution in [1.82, 2.24) is 5.32 Å². The van der Waals surface area contributed by atoms with E-state index in [9.17, 15) is 4.79 Å². The van der Waals surface area contributed by atoms with E-state index in [1.165, 1.54) is 18.5 Å². The molecule has 2 aromatic carbocycles. The molecule has 0 spiro atoms. The first-order valence-corrected chi connectivity index (χ1v) is 8.27. The van der Waals surface area contributed by atoms with Crippen molar-refractivity contribution in [3.63, 3.8) is 0 Å². The Morgan fingerprint density at radius 3 is 2.33 bits per heavy atom. The maximum atomic E-state index is 12.0. The van der Waals surface area contributed by atoms with Crippen LogP contribution in [0.4, 0.5) is 16.2 Å². The Kier molecular flexibility index (Phi) is 5.21. The Hall–Kier alpha value is -2.69. The predicted molar refractivity (Wildman–Crippen MR) is 96.7 cm³/mol. The van der Waals surface area contributed by atoms with Crippen molar-refractivity contribution < 1.29 is 9.53 Å². The largest absolute Gasteiger partial charge is 0.497 e. The lowest BCUT2D eigenvalue weighted by molar-refractivity contribution is 0.251. The molecule has 0 unspecified atom stereocenters. The average molecular weight is 325 g/mol.